The van der Waals surface area contributed by atoms with Crippen molar-refractivity contribution in [2.45, 2.75) is 13.8 Å². The first kappa shape index (κ1) is 15.1. The Balaban J connectivity index is 2.04. The molecule has 1 aromatic heterocycles. The molecule has 110 valence electrons. The fourth-order valence-corrected chi connectivity index (χ4v) is 2.03. The number of amides is 2. The van der Waals surface area contributed by atoms with Gasteiger partial charge in [0.15, 0.2) is 0 Å². The summed E-state index contributed by atoms with van der Waals surface area (Å²) in [5.41, 5.74) is 4.82. The van der Waals surface area contributed by atoms with Gasteiger partial charge in [0, 0.05) is 0 Å². The van der Waals surface area contributed by atoms with Crippen molar-refractivity contribution in [3.63, 3.8) is 0 Å². The second-order valence-corrected chi connectivity index (χ2v) is 4.77. The minimum atomic E-state index is -0.647. The van der Waals surface area contributed by atoms with Crippen molar-refractivity contribution in [2.24, 2.45) is 0 Å². The van der Waals surface area contributed by atoms with Crippen LogP contribution in [0.15, 0.2) is 28.7 Å². The number of hydrogen-bond acceptors (Lipinski definition) is 3. The fourth-order valence-electron chi connectivity index (χ4n) is 1.78. The van der Waals surface area contributed by atoms with Gasteiger partial charge in [-0.25, -0.2) is 4.39 Å². The molecule has 5 nitrogen and oxygen atoms in total. The molecule has 0 saturated heterocycles. The highest BCUT2D eigenvalue weighted by molar-refractivity contribution is 6.33. The van der Waals surface area contributed by atoms with Gasteiger partial charge < -0.3 is 4.42 Å². The van der Waals surface area contributed by atoms with Gasteiger partial charge in [0.05, 0.1) is 16.1 Å². The number of furan rings is 1. The maximum absolute atomic E-state index is 12.9. The van der Waals surface area contributed by atoms with E-state index >= 15 is 0 Å². The molecule has 1 aromatic carbocycles. The topological polar surface area (TPSA) is 71.3 Å². The molecule has 0 bridgehead atoms. The van der Waals surface area contributed by atoms with Gasteiger partial charge in [-0.1, -0.05) is 11.6 Å². The van der Waals surface area contributed by atoms with Crippen LogP contribution in [0.2, 0.25) is 5.02 Å². The summed E-state index contributed by atoms with van der Waals surface area (Å²) in [6.45, 7) is 3.35. The molecule has 21 heavy (non-hydrogen) atoms. The second kappa shape index (κ2) is 5.97. The van der Waals surface area contributed by atoms with Gasteiger partial charge in [0.25, 0.3) is 11.8 Å². The maximum Gasteiger partial charge on any atom is 0.273 e. The number of aryl methyl sites for hydroxylation is 2. The Labute approximate surface area is 125 Å². The van der Waals surface area contributed by atoms with Crippen LogP contribution < -0.4 is 10.9 Å². The van der Waals surface area contributed by atoms with Crippen molar-refractivity contribution in [1.82, 2.24) is 10.9 Å². The molecule has 0 saturated carbocycles. The molecule has 0 aliphatic rings. The van der Waals surface area contributed by atoms with E-state index in [2.05, 4.69) is 10.9 Å². The summed E-state index contributed by atoms with van der Waals surface area (Å²) < 4.78 is 18.1. The lowest BCUT2D eigenvalue weighted by Gasteiger charge is -2.08. The van der Waals surface area contributed by atoms with Crippen molar-refractivity contribution in [3.05, 3.63) is 57.8 Å². The Hall–Kier alpha value is -2.34. The highest BCUT2D eigenvalue weighted by Crippen LogP contribution is 2.17. The van der Waals surface area contributed by atoms with E-state index in [4.69, 9.17) is 16.0 Å². The molecule has 2 rings (SSSR count). The van der Waals surface area contributed by atoms with Crippen LogP contribution in [0.3, 0.4) is 0 Å². The Morgan fingerprint density at radius 3 is 2.24 bits per heavy atom. The number of hydrazine groups is 1. The number of halogens is 2. The van der Waals surface area contributed by atoms with Crippen LogP contribution in [0, 0.1) is 19.7 Å². The number of carbonyl (C=O) groups is 2. The molecule has 7 heteroatoms. The van der Waals surface area contributed by atoms with Crippen molar-refractivity contribution in [3.8, 4) is 0 Å². The molecule has 0 fully saturated rings. The van der Waals surface area contributed by atoms with E-state index in [9.17, 15) is 14.0 Å². The Morgan fingerprint density at radius 1 is 1.10 bits per heavy atom. The van der Waals surface area contributed by atoms with Crippen molar-refractivity contribution in [1.29, 1.82) is 0 Å². The SMILES string of the molecule is Cc1cc(C(=O)NNC(=O)c2ccc(F)cc2Cl)c(C)o1. The van der Waals surface area contributed by atoms with Crippen LogP contribution in [0.5, 0.6) is 0 Å². The lowest BCUT2D eigenvalue weighted by molar-refractivity contribution is 0.0845. The smallest absolute Gasteiger partial charge is 0.273 e. The van der Waals surface area contributed by atoms with Gasteiger partial charge in [-0.3, -0.25) is 20.4 Å². The summed E-state index contributed by atoms with van der Waals surface area (Å²) in [5, 5.41) is -0.0444. The molecule has 0 spiro atoms. The zero-order valence-corrected chi connectivity index (χ0v) is 12.0. The number of benzene rings is 1. The van der Waals surface area contributed by atoms with E-state index in [1.54, 1.807) is 19.9 Å². The third kappa shape index (κ3) is 3.41. The van der Waals surface area contributed by atoms with Gasteiger partial charge in [0.1, 0.15) is 17.3 Å². The highest BCUT2D eigenvalue weighted by atomic mass is 35.5. The molecule has 0 radical (unpaired) electrons. The summed E-state index contributed by atoms with van der Waals surface area (Å²) >= 11 is 5.76. The zero-order valence-electron chi connectivity index (χ0n) is 11.3. The van der Waals surface area contributed by atoms with Gasteiger partial charge >= 0.3 is 0 Å². The van der Waals surface area contributed by atoms with E-state index in [0.29, 0.717) is 17.1 Å². The normalized spacial score (nSPS) is 10.3. The van der Waals surface area contributed by atoms with Crippen LogP contribution in [-0.4, -0.2) is 11.8 Å². The first-order chi connectivity index (χ1) is 9.88. The number of rotatable bonds is 2. The van der Waals surface area contributed by atoms with Crippen LogP contribution in [0.4, 0.5) is 4.39 Å². The van der Waals surface area contributed by atoms with Gasteiger partial charge in [-0.05, 0) is 38.1 Å². The molecule has 0 aliphatic heterocycles. The fraction of sp³-hybridized carbons (Fsp3) is 0.143. The van der Waals surface area contributed by atoms with E-state index in [0.717, 1.165) is 12.1 Å². The molecule has 0 unspecified atom stereocenters. The number of hydrogen-bond donors (Lipinski definition) is 2. The van der Waals surface area contributed by atoms with Crippen molar-refractivity contribution >= 4 is 23.4 Å². The monoisotopic (exact) mass is 310 g/mol. The molecule has 1 heterocycles. The second-order valence-electron chi connectivity index (χ2n) is 4.36. The summed E-state index contributed by atoms with van der Waals surface area (Å²) in [6.07, 6.45) is 0. The van der Waals surface area contributed by atoms with Gasteiger partial charge in [-0.2, -0.15) is 0 Å². The van der Waals surface area contributed by atoms with Crippen LogP contribution in [0.1, 0.15) is 32.2 Å². The van der Waals surface area contributed by atoms with Crippen molar-refractivity contribution in [2.75, 3.05) is 0 Å². The van der Waals surface area contributed by atoms with E-state index in [1.807, 2.05) is 0 Å². The average Bonchev–Trinajstić information content (AvgIpc) is 2.74. The van der Waals surface area contributed by atoms with Gasteiger partial charge in [0.2, 0.25) is 0 Å². The Kier molecular flexibility index (Phi) is 4.28. The zero-order chi connectivity index (χ0) is 15.6. The highest BCUT2D eigenvalue weighted by Gasteiger charge is 2.16. The molecule has 0 aliphatic carbocycles. The molecule has 2 N–H and O–H groups in total. The van der Waals surface area contributed by atoms with Crippen LogP contribution >= 0.6 is 11.6 Å². The quantitative estimate of drug-likeness (QED) is 0.838. The average molecular weight is 311 g/mol. The lowest BCUT2D eigenvalue weighted by atomic mass is 10.2. The predicted molar refractivity (Wildman–Crippen MR) is 74.5 cm³/mol. The van der Waals surface area contributed by atoms with Crippen LogP contribution in [0.25, 0.3) is 0 Å². The molecule has 2 amide bonds. The summed E-state index contributed by atoms with van der Waals surface area (Å²) in [6, 6.07) is 4.90. The minimum absolute atomic E-state index is 0.0444. The Morgan fingerprint density at radius 2 is 1.71 bits per heavy atom. The Bertz CT molecular complexity index is 712. The third-order valence-electron chi connectivity index (χ3n) is 2.75. The molecule has 2 aromatic rings. The molecule has 0 atom stereocenters. The largest absolute Gasteiger partial charge is 0.466 e. The molecular weight excluding hydrogens is 299 g/mol. The number of nitrogens with one attached hydrogen (secondary N) is 2. The molecular formula is C14H12ClFN2O3. The van der Waals surface area contributed by atoms with E-state index in [-0.39, 0.29) is 10.6 Å². The third-order valence-corrected chi connectivity index (χ3v) is 3.06. The maximum atomic E-state index is 12.9. The lowest BCUT2D eigenvalue weighted by Crippen LogP contribution is -2.41. The standard InChI is InChI=1S/C14H12ClFN2O3/c1-7-5-11(8(2)21-7)14(20)18-17-13(19)10-4-3-9(16)6-12(10)15/h3-6H,1-2H3,(H,17,19)(H,18,20). The summed E-state index contributed by atoms with van der Waals surface area (Å²) in [7, 11) is 0. The summed E-state index contributed by atoms with van der Waals surface area (Å²) in [5.74, 6) is -0.683. The number of carbonyl (C=O) groups excluding carboxylic acids is 2. The summed E-state index contributed by atoms with van der Waals surface area (Å²) in [4.78, 5) is 23.7. The van der Waals surface area contributed by atoms with Crippen molar-refractivity contribution < 1.29 is 18.4 Å². The van der Waals surface area contributed by atoms with Crippen LogP contribution in [-0.2, 0) is 0 Å². The van der Waals surface area contributed by atoms with E-state index in [1.165, 1.54) is 6.07 Å². The minimum Gasteiger partial charge on any atom is -0.466 e. The van der Waals surface area contributed by atoms with Gasteiger partial charge in [-0.15, -0.1) is 0 Å². The first-order valence-electron chi connectivity index (χ1n) is 6.01. The first-order valence-corrected chi connectivity index (χ1v) is 6.39. The predicted octanol–water partition coefficient (Wildman–Crippen LogP) is 2.76. The van der Waals surface area contributed by atoms with E-state index < -0.39 is 17.6 Å².